The first-order valence-electron chi connectivity index (χ1n) is 8.59. The number of nitrogens with one attached hydrogen (secondary N) is 1. The maximum Gasteiger partial charge on any atom is 0.193 e. The Hall–Kier alpha value is -2.35. The average Bonchev–Trinajstić information content (AvgIpc) is 3.17. The molecule has 7 nitrogen and oxygen atoms in total. The fraction of sp³-hybridized carbons (Fsp3) is 0.389. The van der Waals surface area contributed by atoms with Gasteiger partial charge in [-0.15, -0.1) is 10.2 Å². The zero-order chi connectivity index (χ0) is 18.5. The zero-order valence-corrected chi connectivity index (χ0v) is 16.9. The van der Waals surface area contributed by atoms with Gasteiger partial charge < -0.3 is 14.8 Å². The smallest absolute Gasteiger partial charge is 0.193 e. The van der Waals surface area contributed by atoms with Gasteiger partial charge in [0.1, 0.15) is 5.82 Å². The molecule has 0 saturated carbocycles. The highest BCUT2D eigenvalue weighted by Gasteiger charge is 2.10. The van der Waals surface area contributed by atoms with Crippen LogP contribution in [0.15, 0.2) is 46.1 Å². The molecule has 0 aromatic carbocycles. The largest absolute Gasteiger partial charge is 0.356 e. The van der Waals surface area contributed by atoms with E-state index in [4.69, 9.17) is 0 Å². The molecule has 3 aromatic rings. The van der Waals surface area contributed by atoms with Gasteiger partial charge in [-0.1, -0.05) is 6.07 Å². The minimum atomic E-state index is 0.788. The Morgan fingerprint density at radius 1 is 1.35 bits per heavy atom. The van der Waals surface area contributed by atoms with Gasteiger partial charge in [0.2, 0.25) is 0 Å². The van der Waals surface area contributed by atoms with Crippen molar-refractivity contribution in [1.29, 1.82) is 0 Å². The second kappa shape index (κ2) is 8.35. The van der Waals surface area contributed by atoms with E-state index in [0.29, 0.717) is 0 Å². The van der Waals surface area contributed by atoms with Crippen LogP contribution < -0.4 is 5.32 Å². The van der Waals surface area contributed by atoms with Crippen molar-refractivity contribution in [2.75, 3.05) is 20.6 Å². The van der Waals surface area contributed by atoms with Gasteiger partial charge in [-0.2, -0.15) is 0 Å². The van der Waals surface area contributed by atoms with Crippen molar-refractivity contribution in [1.82, 2.24) is 29.4 Å². The molecule has 0 unspecified atom stereocenters. The van der Waals surface area contributed by atoms with E-state index < -0.39 is 0 Å². The third-order valence-corrected chi connectivity index (χ3v) is 4.73. The molecule has 0 saturated heterocycles. The maximum atomic E-state index is 4.38. The number of hydrogen-bond acceptors (Lipinski definition) is 3. The van der Waals surface area contributed by atoms with E-state index in [1.165, 1.54) is 5.69 Å². The standard InChI is InChI=1S/C18H24BrN7/c1-20-18(25(3)13-15-11-14(19)12-24(15)2)21-9-6-8-17-23-22-16-7-4-5-10-26(16)17/h4-5,7,10-12H,6,8-9,13H2,1-3H3,(H,20,21). The Balaban J connectivity index is 1.50. The summed E-state index contributed by atoms with van der Waals surface area (Å²) in [6.07, 6.45) is 5.88. The van der Waals surface area contributed by atoms with Crippen LogP contribution in [-0.2, 0) is 20.0 Å². The van der Waals surface area contributed by atoms with Gasteiger partial charge >= 0.3 is 0 Å². The average molecular weight is 418 g/mol. The van der Waals surface area contributed by atoms with Gasteiger partial charge in [0, 0.05) is 56.7 Å². The predicted molar refractivity (Wildman–Crippen MR) is 107 cm³/mol. The molecular weight excluding hydrogens is 394 g/mol. The normalized spacial score (nSPS) is 11.9. The number of fused-ring (bicyclic) bond motifs is 1. The highest BCUT2D eigenvalue weighted by atomic mass is 79.9. The maximum absolute atomic E-state index is 4.38. The van der Waals surface area contributed by atoms with Crippen LogP contribution in [0, 0.1) is 0 Å². The monoisotopic (exact) mass is 417 g/mol. The number of guanidine groups is 1. The Morgan fingerprint density at radius 2 is 2.19 bits per heavy atom. The summed E-state index contributed by atoms with van der Waals surface area (Å²) in [5.41, 5.74) is 2.11. The third kappa shape index (κ3) is 4.24. The number of aliphatic imine (C=N–C) groups is 1. The number of halogens is 1. The molecule has 138 valence electrons. The number of nitrogens with zero attached hydrogens (tertiary/aromatic N) is 6. The predicted octanol–water partition coefficient (Wildman–Crippen LogP) is 2.47. The summed E-state index contributed by atoms with van der Waals surface area (Å²) in [6.45, 7) is 1.62. The Labute approximate surface area is 161 Å². The molecule has 3 rings (SSSR count). The molecule has 26 heavy (non-hydrogen) atoms. The number of aryl methyl sites for hydroxylation is 2. The van der Waals surface area contributed by atoms with Gasteiger partial charge in [-0.05, 0) is 40.5 Å². The Kier molecular flexibility index (Phi) is 5.92. The lowest BCUT2D eigenvalue weighted by Crippen LogP contribution is -2.39. The van der Waals surface area contributed by atoms with E-state index in [2.05, 4.69) is 58.2 Å². The van der Waals surface area contributed by atoms with E-state index in [-0.39, 0.29) is 0 Å². The Bertz CT molecular complexity index is 896. The van der Waals surface area contributed by atoms with E-state index in [1.54, 1.807) is 0 Å². The summed E-state index contributed by atoms with van der Waals surface area (Å²) in [7, 11) is 5.90. The Morgan fingerprint density at radius 3 is 2.92 bits per heavy atom. The first-order chi connectivity index (χ1) is 12.6. The molecule has 0 bridgehead atoms. The summed E-state index contributed by atoms with van der Waals surface area (Å²) >= 11 is 3.52. The van der Waals surface area contributed by atoms with Crippen molar-refractivity contribution in [3.8, 4) is 0 Å². The summed E-state index contributed by atoms with van der Waals surface area (Å²) in [4.78, 5) is 6.50. The van der Waals surface area contributed by atoms with Crippen LogP contribution in [0.2, 0.25) is 0 Å². The first-order valence-corrected chi connectivity index (χ1v) is 9.39. The van der Waals surface area contributed by atoms with E-state index >= 15 is 0 Å². The van der Waals surface area contributed by atoms with Crippen LogP contribution in [0.5, 0.6) is 0 Å². The third-order valence-electron chi connectivity index (χ3n) is 4.29. The van der Waals surface area contributed by atoms with Crippen LogP contribution in [0.4, 0.5) is 0 Å². The van der Waals surface area contributed by atoms with Crippen molar-refractivity contribution >= 4 is 27.5 Å². The van der Waals surface area contributed by atoms with Crippen LogP contribution in [-0.4, -0.2) is 50.7 Å². The lowest BCUT2D eigenvalue weighted by Gasteiger charge is -2.22. The number of pyridine rings is 1. The zero-order valence-electron chi connectivity index (χ0n) is 15.4. The molecule has 3 aromatic heterocycles. The van der Waals surface area contributed by atoms with Gasteiger partial charge in [-0.3, -0.25) is 9.39 Å². The molecule has 0 aliphatic carbocycles. The quantitative estimate of drug-likeness (QED) is 0.380. The molecule has 0 atom stereocenters. The second-order valence-corrected chi connectivity index (χ2v) is 7.15. The summed E-state index contributed by atoms with van der Waals surface area (Å²) < 4.78 is 5.24. The molecule has 3 heterocycles. The highest BCUT2D eigenvalue weighted by Crippen LogP contribution is 2.15. The van der Waals surface area contributed by atoms with Crippen LogP contribution in [0.1, 0.15) is 17.9 Å². The summed E-state index contributed by atoms with van der Waals surface area (Å²) in [6, 6.07) is 8.06. The van der Waals surface area contributed by atoms with Crippen molar-refractivity contribution in [2.24, 2.45) is 12.0 Å². The summed E-state index contributed by atoms with van der Waals surface area (Å²) in [5.74, 6) is 1.87. The van der Waals surface area contributed by atoms with E-state index in [1.807, 2.05) is 49.9 Å². The lowest BCUT2D eigenvalue weighted by atomic mass is 10.3. The number of hydrogen-bond donors (Lipinski definition) is 1. The lowest BCUT2D eigenvalue weighted by molar-refractivity contribution is 0.461. The van der Waals surface area contributed by atoms with Gasteiger partial charge in [0.25, 0.3) is 0 Å². The molecule has 0 aliphatic heterocycles. The fourth-order valence-corrected chi connectivity index (χ4v) is 3.51. The van der Waals surface area contributed by atoms with Crippen molar-refractivity contribution in [2.45, 2.75) is 19.4 Å². The molecule has 0 spiro atoms. The SMILES string of the molecule is CN=C(NCCCc1nnc2ccccn12)N(C)Cc1cc(Br)cn1C. The topological polar surface area (TPSA) is 62.8 Å². The molecule has 0 aliphatic rings. The van der Waals surface area contributed by atoms with Crippen LogP contribution in [0.3, 0.4) is 0 Å². The second-order valence-electron chi connectivity index (χ2n) is 6.24. The fourth-order valence-electron chi connectivity index (χ4n) is 2.93. The van der Waals surface area contributed by atoms with E-state index in [0.717, 1.165) is 47.8 Å². The number of rotatable bonds is 6. The summed E-state index contributed by atoms with van der Waals surface area (Å²) in [5, 5.41) is 11.9. The molecule has 0 amide bonds. The molecule has 8 heteroatoms. The minimum absolute atomic E-state index is 0.788. The van der Waals surface area contributed by atoms with Crippen molar-refractivity contribution in [3.63, 3.8) is 0 Å². The number of aromatic nitrogens is 4. The molecule has 1 N–H and O–H groups in total. The van der Waals surface area contributed by atoms with Gasteiger partial charge in [0.15, 0.2) is 11.6 Å². The molecular formula is C18H24BrN7. The highest BCUT2D eigenvalue weighted by molar-refractivity contribution is 9.10. The van der Waals surface area contributed by atoms with Gasteiger partial charge in [-0.25, -0.2) is 0 Å². The molecule has 0 fully saturated rings. The van der Waals surface area contributed by atoms with Crippen LogP contribution in [0.25, 0.3) is 5.65 Å². The van der Waals surface area contributed by atoms with Crippen LogP contribution >= 0.6 is 15.9 Å². The molecule has 0 radical (unpaired) electrons. The van der Waals surface area contributed by atoms with Crippen molar-refractivity contribution in [3.05, 3.63) is 52.7 Å². The van der Waals surface area contributed by atoms with Crippen molar-refractivity contribution < 1.29 is 0 Å². The van der Waals surface area contributed by atoms with Gasteiger partial charge in [0.05, 0.1) is 6.54 Å². The minimum Gasteiger partial charge on any atom is -0.356 e. The van der Waals surface area contributed by atoms with E-state index in [9.17, 15) is 0 Å². The first kappa shape index (κ1) is 18.4.